The molecule has 4 aromatic rings. The van der Waals surface area contributed by atoms with Crippen LogP contribution in [0.15, 0.2) is 109 Å². The van der Waals surface area contributed by atoms with Gasteiger partial charge in [0.15, 0.2) is 0 Å². The molecule has 0 aliphatic heterocycles. The van der Waals surface area contributed by atoms with Crippen molar-refractivity contribution >= 4 is 28.7 Å². The molecule has 126 valence electrons. The normalized spacial score (nSPS) is 10.5. The van der Waals surface area contributed by atoms with E-state index in [1.807, 2.05) is 30.3 Å². The molecule has 26 heavy (non-hydrogen) atoms. The van der Waals surface area contributed by atoms with E-state index < -0.39 is 0 Å². The summed E-state index contributed by atoms with van der Waals surface area (Å²) >= 11 is 6.18. The second-order valence-electron chi connectivity index (χ2n) is 6.07. The van der Waals surface area contributed by atoms with Crippen molar-refractivity contribution in [2.75, 3.05) is 4.90 Å². The van der Waals surface area contributed by atoms with Crippen molar-refractivity contribution in [3.63, 3.8) is 0 Å². The molecule has 0 saturated heterocycles. The fourth-order valence-electron chi connectivity index (χ4n) is 3.09. The Morgan fingerprint density at radius 3 is 1.54 bits per heavy atom. The predicted octanol–water partition coefficient (Wildman–Crippen LogP) is 7.48. The minimum Gasteiger partial charge on any atom is -0.310 e. The van der Waals surface area contributed by atoms with E-state index in [9.17, 15) is 0 Å². The molecule has 4 aromatic carbocycles. The standard InChI is InChI=1S/C24H18ClN/c25-21-11-7-9-19(17-21)20-10-8-16-24(18-20)26(22-12-3-1-4-13-22)23-14-5-2-6-15-23/h1-18H. The van der Waals surface area contributed by atoms with Gasteiger partial charge in [0.2, 0.25) is 0 Å². The summed E-state index contributed by atoms with van der Waals surface area (Å²) in [4.78, 5) is 2.26. The first-order chi connectivity index (χ1) is 12.8. The van der Waals surface area contributed by atoms with Crippen molar-refractivity contribution in [3.05, 3.63) is 114 Å². The van der Waals surface area contributed by atoms with E-state index in [4.69, 9.17) is 11.6 Å². The van der Waals surface area contributed by atoms with Gasteiger partial charge in [-0.25, -0.2) is 0 Å². The van der Waals surface area contributed by atoms with Crippen molar-refractivity contribution in [1.29, 1.82) is 0 Å². The van der Waals surface area contributed by atoms with Gasteiger partial charge in [-0.3, -0.25) is 0 Å². The van der Waals surface area contributed by atoms with Crippen LogP contribution in [-0.2, 0) is 0 Å². The first kappa shape index (κ1) is 16.4. The molecular weight excluding hydrogens is 338 g/mol. The Morgan fingerprint density at radius 2 is 0.962 bits per heavy atom. The zero-order chi connectivity index (χ0) is 17.8. The van der Waals surface area contributed by atoms with Gasteiger partial charge in [-0.05, 0) is 59.7 Å². The summed E-state index contributed by atoms with van der Waals surface area (Å²) in [6.07, 6.45) is 0. The van der Waals surface area contributed by atoms with Crippen LogP contribution in [0, 0.1) is 0 Å². The molecule has 0 N–H and O–H groups in total. The van der Waals surface area contributed by atoms with Gasteiger partial charge < -0.3 is 4.90 Å². The SMILES string of the molecule is Clc1cccc(-c2cccc(N(c3ccccc3)c3ccccc3)c2)c1. The predicted molar refractivity (Wildman–Crippen MR) is 112 cm³/mol. The van der Waals surface area contributed by atoms with Gasteiger partial charge in [0.1, 0.15) is 0 Å². The summed E-state index contributed by atoms with van der Waals surface area (Å²) in [5.74, 6) is 0. The first-order valence-electron chi connectivity index (χ1n) is 8.57. The van der Waals surface area contributed by atoms with Gasteiger partial charge in [-0.1, -0.05) is 72.3 Å². The van der Waals surface area contributed by atoms with Gasteiger partial charge >= 0.3 is 0 Å². The van der Waals surface area contributed by atoms with E-state index >= 15 is 0 Å². The number of benzene rings is 4. The molecule has 1 nitrogen and oxygen atoms in total. The smallest absolute Gasteiger partial charge is 0.0467 e. The summed E-state index contributed by atoms with van der Waals surface area (Å²) in [5.41, 5.74) is 5.62. The fraction of sp³-hybridized carbons (Fsp3) is 0. The van der Waals surface area contributed by atoms with Crippen molar-refractivity contribution in [2.45, 2.75) is 0 Å². The highest BCUT2D eigenvalue weighted by Crippen LogP contribution is 2.36. The summed E-state index contributed by atoms with van der Waals surface area (Å²) < 4.78 is 0. The molecule has 0 heterocycles. The van der Waals surface area contributed by atoms with Crippen LogP contribution in [0.3, 0.4) is 0 Å². The first-order valence-corrected chi connectivity index (χ1v) is 8.95. The Morgan fingerprint density at radius 1 is 0.462 bits per heavy atom. The van der Waals surface area contributed by atoms with Gasteiger partial charge in [-0.15, -0.1) is 0 Å². The molecule has 2 heteroatoms. The lowest BCUT2D eigenvalue weighted by molar-refractivity contribution is 1.28. The zero-order valence-electron chi connectivity index (χ0n) is 14.2. The van der Waals surface area contributed by atoms with E-state index in [2.05, 4.69) is 83.8 Å². The third kappa shape index (κ3) is 3.49. The van der Waals surface area contributed by atoms with Crippen LogP contribution in [0.2, 0.25) is 5.02 Å². The Balaban J connectivity index is 1.83. The zero-order valence-corrected chi connectivity index (χ0v) is 15.0. The Hall–Kier alpha value is -3.03. The van der Waals surface area contributed by atoms with E-state index in [0.717, 1.165) is 33.2 Å². The Labute approximate surface area is 159 Å². The molecule has 0 bridgehead atoms. The van der Waals surface area contributed by atoms with Crippen LogP contribution in [0.1, 0.15) is 0 Å². The number of halogens is 1. The Bertz CT molecular complexity index is 957. The maximum Gasteiger partial charge on any atom is 0.0467 e. The highest BCUT2D eigenvalue weighted by atomic mass is 35.5. The molecule has 0 radical (unpaired) electrons. The molecule has 0 aliphatic carbocycles. The topological polar surface area (TPSA) is 3.24 Å². The molecule has 0 aromatic heterocycles. The van der Waals surface area contributed by atoms with Crippen LogP contribution in [0.5, 0.6) is 0 Å². The number of nitrogens with zero attached hydrogens (tertiary/aromatic N) is 1. The number of anilines is 3. The lowest BCUT2D eigenvalue weighted by Crippen LogP contribution is -2.09. The van der Waals surface area contributed by atoms with E-state index in [0.29, 0.717) is 0 Å². The largest absolute Gasteiger partial charge is 0.310 e. The van der Waals surface area contributed by atoms with Crippen molar-refractivity contribution < 1.29 is 0 Å². The average Bonchev–Trinajstić information content (AvgIpc) is 2.70. The second kappa shape index (κ2) is 7.47. The molecule has 0 aliphatic rings. The highest BCUT2D eigenvalue weighted by Gasteiger charge is 2.12. The molecular formula is C24H18ClN. The van der Waals surface area contributed by atoms with Gasteiger partial charge in [0.25, 0.3) is 0 Å². The molecule has 0 spiro atoms. The summed E-state index contributed by atoms with van der Waals surface area (Å²) in [7, 11) is 0. The minimum atomic E-state index is 0.746. The van der Waals surface area contributed by atoms with E-state index in [1.165, 1.54) is 0 Å². The highest BCUT2D eigenvalue weighted by molar-refractivity contribution is 6.30. The summed E-state index contributed by atoms with van der Waals surface area (Å²) in [5, 5.41) is 0.746. The lowest BCUT2D eigenvalue weighted by atomic mass is 10.0. The quantitative estimate of drug-likeness (QED) is 0.367. The Kier molecular flexibility index (Phi) is 4.72. The minimum absolute atomic E-state index is 0.746. The number of para-hydroxylation sites is 2. The van der Waals surface area contributed by atoms with Crippen LogP contribution >= 0.6 is 11.6 Å². The van der Waals surface area contributed by atoms with E-state index in [-0.39, 0.29) is 0 Å². The van der Waals surface area contributed by atoms with Crippen molar-refractivity contribution in [1.82, 2.24) is 0 Å². The molecule has 4 rings (SSSR count). The van der Waals surface area contributed by atoms with Crippen LogP contribution in [0.4, 0.5) is 17.1 Å². The van der Waals surface area contributed by atoms with E-state index in [1.54, 1.807) is 0 Å². The second-order valence-corrected chi connectivity index (χ2v) is 6.50. The average molecular weight is 356 g/mol. The molecule has 0 amide bonds. The van der Waals surface area contributed by atoms with Crippen LogP contribution in [-0.4, -0.2) is 0 Å². The number of hydrogen-bond acceptors (Lipinski definition) is 1. The monoisotopic (exact) mass is 355 g/mol. The molecule has 0 fully saturated rings. The maximum absolute atomic E-state index is 6.18. The van der Waals surface area contributed by atoms with Gasteiger partial charge in [-0.2, -0.15) is 0 Å². The molecule has 0 saturated carbocycles. The van der Waals surface area contributed by atoms with Crippen molar-refractivity contribution in [2.24, 2.45) is 0 Å². The fourth-order valence-corrected chi connectivity index (χ4v) is 3.28. The maximum atomic E-state index is 6.18. The third-order valence-electron chi connectivity index (χ3n) is 4.29. The van der Waals surface area contributed by atoms with Gasteiger partial charge in [0, 0.05) is 22.1 Å². The number of rotatable bonds is 4. The van der Waals surface area contributed by atoms with Crippen LogP contribution < -0.4 is 4.90 Å². The van der Waals surface area contributed by atoms with Gasteiger partial charge in [0.05, 0.1) is 0 Å². The van der Waals surface area contributed by atoms with Crippen molar-refractivity contribution in [3.8, 4) is 11.1 Å². The van der Waals surface area contributed by atoms with Crippen LogP contribution in [0.25, 0.3) is 11.1 Å². The summed E-state index contributed by atoms with van der Waals surface area (Å²) in [6, 6.07) is 37.3. The summed E-state index contributed by atoms with van der Waals surface area (Å²) in [6.45, 7) is 0. The third-order valence-corrected chi connectivity index (χ3v) is 4.53. The lowest BCUT2D eigenvalue weighted by Gasteiger charge is -2.25. The molecule has 0 unspecified atom stereocenters. The molecule has 0 atom stereocenters. The number of hydrogen-bond donors (Lipinski definition) is 0.